The number of furan rings is 1. The largest absolute Gasteiger partial charge is 0.454 e. The fourth-order valence-corrected chi connectivity index (χ4v) is 6.54. The number of nitriles is 1. The number of fused-ring (bicyclic) bond motifs is 6. The van der Waals surface area contributed by atoms with Gasteiger partial charge in [0, 0.05) is 27.8 Å². The molecule has 2 aromatic heterocycles. The highest BCUT2D eigenvalue weighted by Crippen LogP contribution is 2.50. The summed E-state index contributed by atoms with van der Waals surface area (Å²) in [7, 11) is 1.85. The van der Waals surface area contributed by atoms with Crippen LogP contribution in [-0.4, -0.2) is 0 Å². The first kappa shape index (κ1) is 24.3. The van der Waals surface area contributed by atoms with Crippen molar-refractivity contribution in [2.24, 2.45) is 7.05 Å². The molecule has 6 aromatic rings. The second kappa shape index (κ2) is 8.37. The molecule has 194 valence electrons. The Morgan fingerprint density at radius 2 is 1.50 bits per heavy atom. The van der Waals surface area contributed by atoms with Crippen molar-refractivity contribution in [3.05, 3.63) is 113 Å². The third kappa shape index (κ3) is 3.24. The van der Waals surface area contributed by atoms with Crippen LogP contribution < -0.4 is 4.57 Å². The van der Waals surface area contributed by atoms with E-state index < -0.39 is 0 Å². The van der Waals surface area contributed by atoms with Gasteiger partial charge in [-0.05, 0) is 71.0 Å². The predicted molar refractivity (Wildman–Crippen MR) is 157 cm³/mol. The lowest BCUT2D eigenvalue weighted by Crippen LogP contribution is -2.31. The number of benzene rings is 4. The predicted octanol–water partition coefficient (Wildman–Crippen LogP) is 8.68. The van der Waals surface area contributed by atoms with Crippen LogP contribution >= 0.6 is 0 Å². The summed E-state index contributed by atoms with van der Waals surface area (Å²) in [6.45, 7) is 8.34. The molecule has 1 aliphatic rings. The minimum atomic E-state index is -0.247. The van der Waals surface area contributed by atoms with E-state index in [1.54, 1.807) is 11.5 Å². The summed E-state index contributed by atoms with van der Waals surface area (Å²) in [6.07, 6.45) is 1.51. The first-order valence-electron chi connectivity index (χ1n) is 13.5. The van der Waals surface area contributed by atoms with Crippen LogP contribution in [-0.2, 0) is 12.5 Å². The van der Waals surface area contributed by atoms with E-state index in [9.17, 15) is 9.65 Å². The first-order chi connectivity index (χ1) is 19.2. The van der Waals surface area contributed by atoms with Crippen molar-refractivity contribution in [1.82, 2.24) is 0 Å². The van der Waals surface area contributed by atoms with Gasteiger partial charge in [0.05, 0.1) is 17.2 Å². The summed E-state index contributed by atoms with van der Waals surface area (Å²) in [6, 6.07) is 27.4. The number of hydrogen-bond acceptors (Lipinski definition) is 2. The number of pyridine rings is 1. The molecule has 0 saturated carbocycles. The minimum Gasteiger partial charge on any atom is -0.454 e. The fraction of sp³-hybridized carbons (Fsp3) is 0.167. The maximum absolute atomic E-state index is 14.3. The van der Waals surface area contributed by atoms with Crippen LogP contribution in [0.2, 0.25) is 0 Å². The number of aromatic nitrogens is 1. The van der Waals surface area contributed by atoms with Gasteiger partial charge in [-0.25, -0.2) is 4.39 Å². The average Bonchev–Trinajstić information content (AvgIpc) is 3.43. The Kier molecular flexibility index (Phi) is 5.09. The number of hydrogen-bond donors (Lipinski definition) is 0. The molecule has 0 amide bonds. The highest BCUT2D eigenvalue weighted by molar-refractivity contribution is 6.14. The van der Waals surface area contributed by atoms with Gasteiger partial charge in [-0.15, -0.1) is 0 Å². The van der Waals surface area contributed by atoms with Crippen LogP contribution in [0.3, 0.4) is 0 Å². The van der Waals surface area contributed by atoms with Gasteiger partial charge in [0.1, 0.15) is 18.2 Å². The van der Waals surface area contributed by atoms with E-state index in [1.807, 2.05) is 32.2 Å². The first-order valence-corrected chi connectivity index (χ1v) is 13.5. The molecule has 0 saturated heterocycles. The van der Waals surface area contributed by atoms with Gasteiger partial charge in [-0.2, -0.15) is 9.83 Å². The molecule has 0 unspecified atom stereocenters. The van der Waals surface area contributed by atoms with Gasteiger partial charge in [0.15, 0.2) is 5.82 Å². The van der Waals surface area contributed by atoms with Crippen LogP contribution in [0.5, 0.6) is 0 Å². The fourth-order valence-electron chi connectivity index (χ4n) is 6.54. The van der Waals surface area contributed by atoms with Crippen LogP contribution in [0.4, 0.5) is 4.39 Å². The van der Waals surface area contributed by atoms with Crippen molar-refractivity contribution in [2.75, 3.05) is 0 Å². The Morgan fingerprint density at radius 1 is 0.800 bits per heavy atom. The Hall–Kier alpha value is -4.75. The molecule has 0 bridgehead atoms. The lowest BCUT2D eigenvalue weighted by atomic mass is 9.82. The zero-order chi connectivity index (χ0) is 27.9. The van der Waals surface area contributed by atoms with Gasteiger partial charge in [-0.1, -0.05) is 62.4 Å². The van der Waals surface area contributed by atoms with E-state index in [-0.39, 0.29) is 11.2 Å². The topological polar surface area (TPSA) is 40.8 Å². The van der Waals surface area contributed by atoms with E-state index in [2.05, 4.69) is 74.5 Å². The van der Waals surface area contributed by atoms with Crippen LogP contribution in [0.1, 0.15) is 41.7 Å². The van der Waals surface area contributed by atoms with Crippen LogP contribution in [0, 0.1) is 31.0 Å². The molecule has 0 spiro atoms. The molecule has 0 aliphatic heterocycles. The van der Waals surface area contributed by atoms with E-state index in [4.69, 9.17) is 4.42 Å². The molecular formula is C36H28FN2O+. The monoisotopic (exact) mass is 523 g/mol. The second-order valence-electron chi connectivity index (χ2n) is 11.4. The summed E-state index contributed by atoms with van der Waals surface area (Å²) in [4.78, 5) is 0. The Balaban J connectivity index is 1.53. The van der Waals surface area contributed by atoms with Crippen molar-refractivity contribution in [2.45, 2.75) is 33.1 Å². The van der Waals surface area contributed by atoms with E-state index in [0.29, 0.717) is 16.7 Å². The normalized spacial score (nSPS) is 13.4. The Morgan fingerprint density at radius 3 is 2.27 bits per heavy atom. The van der Waals surface area contributed by atoms with Crippen molar-refractivity contribution in [3.8, 4) is 39.6 Å². The third-order valence-electron chi connectivity index (χ3n) is 8.68. The van der Waals surface area contributed by atoms with E-state index >= 15 is 0 Å². The Bertz CT molecular complexity index is 2090. The Labute approximate surface area is 232 Å². The summed E-state index contributed by atoms with van der Waals surface area (Å²) >= 11 is 0. The smallest absolute Gasteiger partial charge is 0.216 e. The molecule has 40 heavy (non-hydrogen) atoms. The number of rotatable bonds is 2. The average molecular weight is 524 g/mol. The minimum absolute atomic E-state index is 0.0941. The van der Waals surface area contributed by atoms with Gasteiger partial charge in [0.25, 0.3) is 0 Å². The standard InChI is InChI=1S/C36H28FN2O/c1-20-10-13-25-26-14-11-23(18-38)33(35(26)40-34(25)32(20)31-16-21(2)30(37)19-39(31)5)22-12-15-29-27(17-22)24-8-6-7-9-28(24)36(29,3)4/h6-17,19H,1-5H3/q+1. The lowest BCUT2D eigenvalue weighted by molar-refractivity contribution is -0.662. The molecule has 7 rings (SSSR count). The van der Waals surface area contributed by atoms with Crippen LogP contribution in [0.15, 0.2) is 83.4 Å². The third-order valence-corrected chi connectivity index (χ3v) is 8.68. The maximum atomic E-state index is 14.3. The molecule has 3 nitrogen and oxygen atoms in total. The lowest BCUT2D eigenvalue weighted by Gasteiger charge is -2.21. The molecule has 4 heteroatoms. The van der Waals surface area contributed by atoms with Crippen molar-refractivity contribution in [1.29, 1.82) is 5.26 Å². The van der Waals surface area contributed by atoms with Gasteiger partial charge >= 0.3 is 0 Å². The molecule has 0 N–H and O–H groups in total. The molecule has 0 fully saturated rings. The molecular weight excluding hydrogens is 495 g/mol. The second-order valence-corrected chi connectivity index (χ2v) is 11.4. The number of nitrogens with zero attached hydrogens (tertiary/aromatic N) is 2. The molecule has 0 atom stereocenters. The summed E-state index contributed by atoms with van der Waals surface area (Å²) < 4.78 is 22.9. The quantitative estimate of drug-likeness (QED) is 0.213. The van der Waals surface area contributed by atoms with Crippen molar-refractivity contribution >= 4 is 21.9 Å². The molecule has 0 radical (unpaired) electrons. The zero-order valence-corrected chi connectivity index (χ0v) is 23.2. The highest BCUT2D eigenvalue weighted by atomic mass is 19.1. The molecule has 2 heterocycles. The van der Waals surface area contributed by atoms with E-state index in [1.165, 1.54) is 28.5 Å². The number of aryl methyl sites for hydroxylation is 3. The SMILES string of the molecule is Cc1cc(-c2c(C)ccc3c2oc2c(-c4ccc5c(c4)-c4ccccc4C5(C)C)c(C#N)ccc23)[n+](C)cc1F. The molecule has 4 aromatic carbocycles. The highest BCUT2D eigenvalue weighted by Gasteiger charge is 2.35. The van der Waals surface area contributed by atoms with Gasteiger partial charge < -0.3 is 4.42 Å². The summed E-state index contributed by atoms with van der Waals surface area (Å²) in [5.41, 5.74) is 12.1. The van der Waals surface area contributed by atoms with Gasteiger partial charge in [-0.3, -0.25) is 0 Å². The zero-order valence-electron chi connectivity index (χ0n) is 23.2. The maximum Gasteiger partial charge on any atom is 0.216 e. The van der Waals surface area contributed by atoms with Crippen LogP contribution in [0.25, 0.3) is 55.4 Å². The molecule has 1 aliphatic carbocycles. The van der Waals surface area contributed by atoms with Crippen molar-refractivity contribution in [3.63, 3.8) is 0 Å². The number of halogens is 1. The summed E-state index contributed by atoms with van der Waals surface area (Å²) in [5, 5.41) is 12.1. The van der Waals surface area contributed by atoms with Crippen molar-refractivity contribution < 1.29 is 13.4 Å². The van der Waals surface area contributed by atoms with E-state index in [0.717, 1.165) is 44.3 Å². The van der Waals surface area contributed by atoms with Gasteiger partial charge in [0.2, 0.25) is 11.9 Å². The summed E-state index contributed by atoms with van der Waals surface area (Å²) in [5.74, 6) is -0.247.